The minimum atomic E-state index is -3.51. The summed E-state index contributed by atoms with van der Waals surface area (Å²) in [7, 11) is -0.514. The first kappa shape index (κ1) is 17.7. The van der Waals surface area contributed by atoms with Crippen molar-refractivity contribution in [3.05, 3.63) is 23.8 Å². The zero-order valence-corrected chi connectivity index (χ0v) is 14.5. The van der Waals surface area contributed by atoms with Crippen LogP contribution in [0, 0.1) is 6.92 Å². The van der Waals surface area contributed by atoms with Crippen LogP contribution in [0.2, 0.25) is 0 Å². The minimum Gasteiger partial charge on any atom is -0.378 e. The highest BCUT2D eigenvalue weighted by Crippen LogP contribution is 2.22. The maximum atomic E-state index is 12.3. The Morgan fingerprint density at radius 2 is 1.96 bits per heavy atom. The van der Waals surface area contributed by atoms with Gasteiger partial charge in [0.2, 0.25) is 15.9 Å². The van der Waals surface area contributed by atoms with Crippen LogP contribution in [-0.2, 0) is 19.6 Å². The fraction of sp³-hybridized carbons (Fsp3) is 0.533. The van der Waals surface area contributed by atoms with E-state index in [1.54, 1.807) is 30.0 Å². The molecule has 0 bridgehead atoms. The fourth-order valence-electron chi connectivity index (χ4n) is 2.29. The van der Waals surface area contributed by atoms with Gasteiger partial charge in [-0.05, 0) is 24.6 Å². The normalized spacial score (nSPS) is 15.7. The van der Waals surface area contributed by atoms with E-state index in [1.165, 1.54) is 18.4 Å². The summed E-state index contributed by atoms with van der Waals surface area (Å²) in [6.45, 7) is 4.18. The van der Waals surface area contributed by atoms with Crippen LogP contribution < -0.4 is 5.32 Å². The van der Waals surface area contributed by atoms with Gasteiger partial charge in [0.05, 0.1) is 24.7 Å². The lowest BCUT2D eigenvalue weighted by atomic mass is 10.2. The van der Waals surface area contributed by atoms with Gasteiger partial charge in [0.15, 0.2) is 0 Å². The van der Waals surface area contributed by atoms with E-state index in [0.29, 0.717) is 37.6 Å². The zero-order chi connectivity index (χ0) is 17.0. The number of nitrogens with one attached hydrogen (secondary N) is 1. The van der Waals surface area contributed by atoms with E-state index in [4.69, 9.17) is 4.74 Å². The largest absolute Gasteiger partial charge is 0.378 e. The number of anilines is 1. The fourth-order valence-corrected chi connectivity index (χ4v) is 3.43. The Kier molecular flexibility index (Phi) is 5.61. The average molecular weight is 341 g/mol. The summed E-state index contributed by atoms with van der Waals surface area (Å²) < 4.78 is 31.0. The quantitative estimate of drug-likeness (QED) is 0.844. The van der Waals surface area contributed by atoms with E-state index >= 15 is 0 Å². The first-order valence-electron chi connectivity index (χ1n) is 7.45. The monoisotopic (exact) mass is 341 g/mol. The van der Waals surface area contributed by atoms with Crippen molar-refractivity contribution in [3.63, 3.8) is 0 Å². The van der Waals surface area contributed by atoms with Crippen LogP contribution in [0.3, 0.4) is 0 Å². The van der Waals surface area contributed by atoms with Crippen molar-refractivity contribution in [1.82, 2.24) is 9.21 Å². The summed E-state index contributed by atoms with van der Waals surface area (Å²) in [5.74, 6) is -0.0223. The predicted molar refractivity (Wildman–Crippen MR) is 87.9 cm³/mol. The van der Waals surface area contributed by atoms with E-state index in [9.17, 15) is 13.2 Å². The second kappa shape index (κ2) is 7.29. The molecule has 128 valence electrons. The van der Waals surface area contributed by atoms with E-state index in [1.807, 2.05) is 0 Å². The maximum absolute atomic E-state index is 12.3. The van der Waals surface area contributed by atoms with Gasteiger partial charge in [-0.25, -0.2) is 12.7 Å². The van der Waals surface area contributed by atoms with Gasteiger partial charge in [0, 0.05) is 32.9 Å². The highest BCUT2D eigenvalue weighted by molar-refractivity contribution is 7.89. The van der Waals surface area contributed by atoms with Crippen LogP contribution >= 0.6 is 0 Å². The molecule has 1 fully saturated rings. The molecule has 1 saturated heterocycles. The summed E-state index contributed by atoms with van der Waals surface area (Å²) in [6, 6.07) is 5.08. The van der Waals surface area contributed by atoms with Crippen molar-refractivity contribution >= 4 is 21.6 Å². The average Bonchev–Trinajstić information content (AvgIpc) is 2.54. The third-order valence-electron chi connectivity index (χ3n) is 3.75. The Bertz CT molecular complexity index is 667. The molecule has 23 heavy (non-hydrogen) atoms. The van der Waals surface area contributed by atoms with Crippen LogP contribution in [0.5, 0.6) is 0 Å². The number of morpholine rings is 1. The molecule has 0 saturated carbocycles. The summed E-state index contributed by atoms with van der Waals surface area (Å²) in [4.78, 5) is 14.1. The molecule has 1 N–H and O–H groups in total. The Labute approximate surface area is 137 Å². The Morgan fingerprint density at radius 3 is 2.57 bits per heavy atom. The third-order valence-corrected chi connectivity index (χ3v) is 5.71. The number of ether oxygens (including phenoxy) is 1. The number of hydrogen-bond donors (Lipinski definition) is 1. The van der Waals surface area contributed by atoms with Crippen molar-refractivity contribution in [1.29, 1.82) is 0 Å². The molecule has 0 unspecified atom stereocenters. The zero-order valence-electron chi connectivity index (χ0n) is 13.7. The van der Waals surface area contributed by atoms with Gasteiger partial charge in [-0.3, -0.25) is 4.79 Å². The number of benzene rings is 1. The van der Waals surface area contributed by atoms with Gasteiger partial charge in [0.25, 0.3) is 0 Å². The van der Waals surface area contributed by atoms with Crippen molar-refractivity contribution in [3.8, 4) is 0 Å². The smallest absolute Gasteiger partial charge is 0.242 e. The van der Waals surface area contributed by atoms with E-state index < -0.39 is 10.0 Å². The SMILES string of the molecule is Cc1ccc(NCC(=O)N2CCOCC2)cc1S(=O)(=O)N(C)C. The van der Waals surface area contributed by atoms with Crippen molar-refractivity contribution in [2.24, 2.45) is 0 Å². The molecule has 1 aromatic carbocycles. The highest BCUT2D eigenvalue weighted by atomic mass is 32.2. The number of nitrogens with zero attached hydrogens (tertiary/aromatic N) is 2. The number of aryl methyl sites for hydroxylation is 1. The number of carbonyl (C=O) groups excluding carboxylic acids is 1. The summed E-state index contributed by atoms with van der Waals surface area (Å²) in [5, 5.41) is 3.01. The molecular weight excluding hydrogens is 318 g/mol. The molecule has 0 atom stereocenters. The van der Waals surface area contributed by atoms with Gasteiger partial charge in [0.1, 0.15) is 0 Å². The van der Waals surface area contributed by atoms with Crippen LogP contribution in [0.4, 0.5) is 5.69 Å². The number of carbonyl (C=O) groups is 1. The number of amides is 1. The van der Waals surface area contributed by atoms with Crippen LogP contribution in [0.1, 0.15) is 5.56 Å². The van der Waals surface area contributed by atoms with Crippen molar-refractivity contribution in [2.75, 3.05) is 52.3 Å². The molecule has 1 amide bonds. The second-order valence-electron chi connectivity index (χ2n) is 5.61. The molecule has 0 radical (unpaired) electrons. The van der Waals surface area contributed by atoms with Gasteiger partial charge in [-0.1, -0.05) is 6.07 Å². The highest BCUT2D eigenvalue weighted by Gasteiger charge is 2.21. The summed E-state index contributed by atoms with van der Waals surface area (Å²) >= 11 is 0. The summed E-state index contributed by atoms with van der Waals surface area (Å²) in [5.41, 5.74) is 1.28. The Hall–Kier alpha value is -1.64. The van der Waals surface area contributed by atoms with Gasteiger partial charge < -0.3 is 15.0 Å². The molecule has 8 heteroatoms. The standard InChI is InChI=1S/C15H23N3O4S/c1-12-4-5-13(10-14(12)23(20,21)17(2)3)16-11-15(19)18-6-8-22-9-7-18/h4-5,10,16H,6-9,11H2,1-3H3. The lowest BCUT2D eigenvalue weighted by Gasteiger charge is -2.27. The predicted octanol–water partition coefficient (Wildman–Crippen LogP) is 0.516. The van der Waals surface area contributed by atoms with Crippen LogP contribution in [0.25, 0.3) is 0 Å². The van der Waals surface area contributed by atoms with Gasteiger partial charge >= 0.3 is 0 Å². The molecule has 7 nitrogen and oxygen atoms in total. The first-order valence-corrected chi connectivity index (χ1v) is 8.89. The number of hydrogen-bond acceptors (Lipinski definition) is 5. The second-order valence-corrected chi connectivity index (χ2v) is 7.73. The topological polar surface area (TPSA) is 79.0 Å². The third kappa shape index (κ3) is 4.21. The van der Waals surface area contributed by atoms with E-state index in [0.717, 1.165) is 0 Å². The van der Waals surface area contributed by atoms with Gasteiger partial charge in [-0.15, -0.1) is 0 Å². The Balaban J connectivity index is 2.08. The molecule has 1 aromatic rings. The van der Waals surface area contributed by atoms with E-state index in [-0.39, 0.29) is 17.3 Å². The molecule has 1 aliphatic heterocycles. The van der Waals surface area contributed by atoms with Crippen molar-refractivity contribution < 1.29 is 17.9 Å². The lowest BCUT2D eigenvalue weighted by Crippen LogP contribution is -2.43. The number of rotatable bonds is 5. The molecule has 0 spiro atoms. The summed E-state index contributed by atoms with van der Waals surface area (Å²) in [6.07, 6.45) is 0. The molecule has 1 heterocycles. The Morgan fingerprint density at radius 1 is 1.30 bits per heavy atom. The molecule has 0 aromatic heterocycles. The first-order chi connectivity index (χ1) is 10.8. The van der Waals surface area contributed by atoms with Crippen LogP contribution in [-0.4, -0.2) is 70.5 Å². The van der Waals surface area contributed by atoms with E-state index in [2.05, 4.69) is 5.32 Å². The van der Waals surface area contributed by atoms with Crippen LogP contribution in [0.15, 0.2) is 23.1 Å². The lowest BCUT2D eigenvalue weighted by molar-refractivity contribution is -0.133. The van der Waals surface area contributed by atoms with Crippen molar-refractivity contribution in [2.45, 2.75) is 11.8 Å². The molecule has 1 aliphatic rings. The minimum absolute atomic E-state index is 0.0223. The van der Waals surface area contributed by atoms with Gasteiger partial charge in [-0.2, -0.15) is 0 Å². The maximum Gasteiger partial charge on any atom is 0.242 e. The molecule has 0 aliphatic carbocycles. The molecular formula is C15H23N3O4S. The molecule has 2 rings (SSSR count). The number of sulfonamides is 1.